The fourth-order valence-corrected chi connectivity index (χ4v) is 4.74. The number of nitrogens with two attached hydrogens (primary N) is 1. The van der Waals surface area contributed by atoms with Crippen molar-refractivity contribution in [3.05, 3.63) is 138 Å². The van der Waals surface area contributed by atoms with E-state index in [-0.39, 0.29) is 6.42 Å². The van der Waals surface area contributed by atoms with Gasteiger partial charge in [-0.15, -0.1) is 0 Å². The van der Waals surface area contributed by atoms with Crippen LogP contribution in [0.25, 0.3) is 5.65 Å². The standard InChI is InChI=1S/C29H26N4O2/c30-25-17-16-24(33-19-18-31-27(25)33)20-26(28(34)35)32-29(21-10-4-1-5-11-21,22-12-6-2-7-13-22)23-14-8-3-9-15-23/h1-19,26,32H,20,30H2,(H,34,35). The van der Waals surface area contributed by atoms with E-state index in [9.17, 15) is 9.90 Å². The molecule has 6 heteroatoms. The fraction of sp³-hybridized carbons (Fsp3) is 0.103. The molecule has 5 aromatic rings. The number of hydrogen-bond donors (Lipinski definition) is 3. The number of nitrogens with one attached hydrogen (secondary N) is 1. The highest BCUT2D eigenvalue weighted by Crippen LogP contribution is 2.37. The van der Waals surface area contributed by atoms with Gasteiger partial charge >= 0.3 is 5.97 Å². The van der Waals surface area contributed by atoms with Gasteiger partial charge in [-0.05, 0) is 28.8 Å². The zero-order valence-corrected chi connectivity index (χ0v) is 19.1. The van der Waals surface area contributed by atoms with E-state index < -0.39 is 17.6 Å². The van der Waals surface area contributed by atoms with Gasteiger partial charge in [-0.25, -0.2) is 4.98 Å². The molecule has 0 aliphatic carbocycles. The van der Waals surface area contributed by atoms with Crippen LogP contribution in [0.15, 0.2) is 116 Å². The molecule has 0 fully saturated rings. The molecule has 0 radical (unpaired) electrons. The number of hydrogen-bond acceptors (Lipinski definition) is 4. The Hall–Kier alpha value is -4.42. The first-order valence-electron chi connectivity index (χ1n) is 11.5. The summed E-state index contributed by atoms with van der Waals surface area (Å²) in [5, 5.41) is 14.0. The first kappa shape index (κ1) is 22.4. The predicted octanol–water partition coefficient (Wildman–Crippen LogP) is 4.49. The summed E-state index contributed by atoms with van der Waals surface area (Å²) in [6.45, 7) is 0. The number of rotatable bonds is 8. The SMILES string of the molecule is Nc1ccc(CC(NC(c2ccccc2)(c2ccccc2)c2ccccc2)C(=O)O)n2ccnc12. The molecule has 0 saturated heterocycles. The summed E-state index contributed by atoms with van der Waals surface area (Å²) < 4.78 is 1.85. The third-order valence-corrected chi connectivity index (χ3v) is 6.39. The Morgan fingerprint density at radius 2 is 1.37 bits per heavy atom. The van der Waals surface area contributed by atoms with E-state index in [0.29, 0.717) is 11.3 Å². The van der Waals surface area contributed by atoms with E-state index in [1.807, 2.05) is 101 Å². The maximum Gasteiger partial charge on any atom is 0.321 e. The van der Waals surface area contributed by atoms with Crippen LogP contribution in [-0.2, 0) is 16.8 Å². The van der Waals surface area contributed by atoms with Crippen molar-refractivity contribution in [2.75, 3.05) is 5.73 Å². The molecule has 5 rings (SSSR count). The Balaban J connectivity index is 1.67. The van der Waals surface area contributed by atoms with Crippen molar-refractivity contribution >= 4 is 17.3 Å². The molecule has 4 N–H and O–H groups in total. The van der Waals surface area contributed by atoms with Crippen LogP contribution >= 0.6 is 0 Å². The molecule has 1 atom stereocenters. The van der Waals surface area contributed by atoms with Crippen LogP contribution in [0.3, 0.4) is 0 Å². The minimum Gasteiger partial charge on any atom is -0.480 e. The first-order chi connectivity index (χ1) is 17.1. The second kappa shape index (κ2) is 9.44. The minimum atomic E-state index is -0.942. The zero-order valence-electron chi connectivity index (χ0n) is 19.1. The van der Waals surface area contributed by atoms with Gasteiger partial charge in [-0.1, -0.05) is 91.0 Å². The average molecular weight is 463 g/mol. The van der Waals surface area contributed by atoms with E-state index in [1.165, 1.54) is 0 Å². The van der Waals surface area contributed by atoms with Crippen LogP contribution < -0.4 is 11.1 Å². The monoisotopic (exact) mass is 462 g/mol. The smallest absolute Gasteiger partial charge is 0.321 e. The number of aromatic nitrogens is 2. The van der Waals surface area contributed by atoms with Crippen molar-refractivity contribution in [1.29, 1.82) is 0 Å². The lowest BCUT2D eigenvalue weighted by Crippen LogP contribution is -2.53. The van der Waals surface area contributed by atoms with Gasteiger partial charge in [-0.2, -0.15) is 0 Å². The van der Waals surface area contributed by atoms with Gasteiger partial charge < -0.3 is 15.2 Å². The van der Waals surface area contributed by atoms with E-state index in [4.69, 9.17) is 5.73 Å². The Kier molecular flexibility index (Phi) is 6.04. The summed E-state index contributed by atoms with van der Waals surface area (Å²) in [5.41, 5.74) is 10.0. The molecule has 35 heavy (non-hydrogen) atoms. The number of benzene rings is 3. The number of aliphatic carboxylic acids is 1. The normalized spacial score (nSPS) is 12.5. The third kappa shape index (κ3) is 4.16. The highest BCUT2D eigenvalue weighted by molar-refractivity contribution is 5.75. The topological polar surface area (TPSA) is 92.6 Å². The van der Waals surface area contributed by atoms with Crippen molar-refractivity contribution in [2.24, 2.45) is 0 Å². The van der Waals surface area contributed by atoms with E-state index in [0.717, 1.165) is 22.4 Å². The van der Waals surface area contributed by atoms with Crippen molar-refractivity contribution < 1.29 is 9.90 Å². The molecular formula is C29H26N4O2. The van der Waals surface area contributed by atoms with Crippen LogP contribution in [0.1, 0.15) is 22.4 Å². The third-order valence-electron chi connectivity index (χ3n) is 6.39. The molecule has 0 amide bonds. The van der Waals surface area contributed by atoms with Crippen LogP contribution in [-0.4, -0.2) is 26.5 Å². The maximum absolute atomic E-state index is 12.7. The highest BCUT2D eigenvalue weighted by Gasteiger charge is 2.40. The molecule has 0 aliphatic rings. The summed E-state index contributed by atoms with van der Waals surface area (Å²) >= 11 is 0. The minimum absolute atomic E-state index is 0.233. The van der Waals surface area contributed by atoms with Gasteiger partial charge in [0.05, 0.1) is 11.2 Å². The van der Waals surface area contributed by atoms with Crippen LogP contribution in [0, 0.1) is 0 Å². The van der Waals surface area contributed by atoms with Crippen molar-refractivity contribution in [3.8, 4) is 0 Å². The molecule has 0 saturated carbocycles. The van der Waals surface area contributed by atoms with Gasteiger partial charge in [-0.3, -0.25) is 10.1 Å². The summed E-state index contributed by atoms with van der Waals surface area (Å²) in [4.78, 5) is 17.0. The van der Waals surface area contributed by atoms with Gasteiger partial charge in [0.1, 0.15) is 6.04 Å². The number of imidazole rings is 1. The molecule has 2 heterocycles. The second-order valence-corrected chi connectivity index (χ2v) is 8.49. The Bertz CT molecular complexity index is 1340. The first-order valence-corrected chi connectivity index (χ1v) is 11.5. The lowest BCUT2D eigenvalue weighted by atomic mass is 9.76. The number of carboxylic acids is 1. The molecule has 2 aromatic heterocycles. The number of anilines is 1. The fourth-order valence-electron chi connectivity index (χ4n) is 4.74. The quantitative estimate of drug-likeness (QED) is 0.296. The Morgan fingerprint density at radius 1 is 0.857 bits per heavy atom. The number of nitrogen functional groups attached to an aromatic ring is 1. The van der Waals surface area contributed by atoms with Gasteiger partial charge in [0.15, 0.2) is 5.65 Å². The molecule has 174 valence electrons. The molecule has 0 spiro atoms. The van der Waals surface area contributed by atoms with E-state index >= 15 is 0 Å². The number of carbonyl (C=O) groups is 1. The van der Waals surface area contributed by atoms with E-state index in [2.05, 4.69) is 10.3 Å². The molecule has 1 unspecified atom stereocenters. The number of nitrogens with zero attached hydrogens (tertiary/aromatic N) is 2. The van der Waals surface area contributed by atoms with Gasteiger partial charge in [0.25, 0.3) is 0 Å². The van der Waals surface area contributed by atoms with Gasteiger partial charge in [0, 0.05) is 24.5 Å². The lowest BCUT2D eigenvalue weighted by molar-refractivity contribution is -0.139. The Labute approximate surface area is 203 Å². The van der Waals surface area contributed by atoms with Crippen molar-refractivity contribution in [1.82, 2.24) is 14.7 Å². The summed E-state index contributed by atoms with van der Waals surface area (Å²) in [7, 11) is 0. The number of pyridine rings is 1. The molecular weight excluding hydrogens is 436 g/mol. The van der Waals surface area contributed by atoms with Crippen molar-refractivity contribution in [3.63, 3.8) is 0 Å². The molecule has 0 aliphatic heterocycles. The molecule has 0 bridgehead atoms. The zero-order chi connectivity index (χ0) is 24.3. The maximum atomic E-state index is 12.7. The second-order valence-electron chi connectivity index (χ2n) is 8.49. The molecule has 6 nitrogen and oxygen atoms in total. The average Bonchev–Trinajstić information content (AvgIpc) is 3.41. The lowest BCUT2D eigenvalue weighted by Gasteiger charge is -2.39. The van der Waals surface area contributed by atoms with Gasteiger partial charge in [0.2, 0.25) is 0 Å². The molecule has 3 aromatic carbocycles. The summed E-state index contributed by atoms with van der Waals surface area (Å²) in [5.74, 6) is -0.942. The summed E-state index contributed by atoms with van der Waals surface area (Å²) in [6.07, 6.45) is 3.70. The number of fused-ring (bicyclic) bond motifs is 1. The van der Waals surface area contributed by atoms with Crippen LogP contribution in [0.4, 0.5) is 5.69 Å². The van der Waals surface area contributed by atoms with Crippen molar-refractivity contribution in [2.45, 2.75) is 18.0 Å². The van der Waals surface area contributed by atoms with E-state index in [1.54, 1.807) is 18.5 Å². The summed E-state index contributed by atoms with van der Waals surface area (Å²) in [6, 6.07) is 32.6. The number of carboxylic acid groups (broad SMARTS) is 1. The Morgan fingerprint density at radius 3 is 1.86 bits per heavy atom. The largest absolute Gasteiger partial charge is 0.480 e. The van der Waals surface area contributed by atoms with Crippen LogP contribution in [0.5, 0.6) is 0 Å². The predicted molar refractivity (Wildman–Crippen MR) is 137 cm³/mol. The van der Waals surface area contributed by atoms with Crippen LogP contribution in [0.2, 0.25) is 0 Å². The highest BCUT2D eigenvalue weighted by atomic mass is 16.4.